The predicted molar refractivity (Wildman–Crippen MR) is 130 cm³/mol. The number of carbonyl (C=O) groups is 5. The van der Waals surface area contributed by atoms with E-state index in [0.29, 0.717) is 18.2 Å². The van der Waals surface area contributed by atoms with E-state index in [2.05, 4.69) is 5.32 Å². The summed E-state index contributed by atoms with van der Waals surface area (Å²) in [5.74, 6) is -10.2. The summed E-state index contributed by atoms with van der Waals surface area (Å²) in [4.78, 5) is 67.5. The van der Waals surface area contributed by atoms with Crippen molar-refractivity contribution in [2.24, 2.45) is 29.4 Å². The fourth-order valence-electron chi connectivity index (χ4n) is 7.22. The second-order valence-corrected chi connectivity index (χ2v) is 11.2. The van der Waals surface area contributed by atoms with Crippen molar-refractivity contribution in [2.75, 3.05) is 14.1 Å². The van der Waals surface area contributed by atoms with Crippen LogP contribution in [0.2, 0.25) is 0 Å². The monoisotopic (exact) mass is 511 g/mol. The third kappa shape index (κ3) is 3.76. The molecule has 0 bridgehead atoms. The van der Waals surface area contributed by atoms with Gasteiger partial charge in [0.15, 0.2) is 34.7 Å². The molecule has 0 aliphatic heterocycles. The van der Waals surface area contributed by atoms with E-state index in [9.17, 15) is 34.2 Å². The Balaban J connectivity index is 1.55. The standard InChI is InChI=1S/C27H33N3O7/c1-30(2)21-16-10-13-9-15-12(11-29-14-5-3-4-6-14)7-8-17(31)19(15)22(32)18(13)24(34)27(16,37)25(35)20(23(21)33)26(28)36/h7-8,13-14,16,18,20-21,29,31,37H,3-6,9-11H2,1-2H3,(H2,28,36)/t13-,16-,18?,20?,21?,27-/m0/s1. The number of Topliss-reactive ketones (excluding diaryl/α,β-unsaturated/α-hetero) is 4. The van der Waals surface area contributed by atoms with E-state index < -0.39 is 64.4 Å². The van der Waals surface area contributed by atoms with Gasteiger partial charge in [0.1, 0.15) is 5.75 Å². The lowest BCUT2D eigenvalue weighted by Gasteiger charge is -2.52. The van der Waals surface area contributed by atoms with Crippen molar-refractivity contribution in [3.63, 3.8) is 0 Å². The maximum absolute atomic E-state index is 13.8. The lowest BCUT2D eigenvalue weighted by Crippen LogP contribution is -2.74. The largest absolute Gasteiger partial charge is 0.507 e. The smallest absolute Gasteiger partial charge is 0.235 e. The number of ketones is 4. The normalized spacial score (nSPS) is 33.9. The number of nitrogens with zero attached hydrogens (tertiary/aromatic N) is 1. The van der Waals surface area contributed by atoms with Crippen LogP contribution in [0.1, 0.15) is 53.6 Å². The highest BCUT2D eigenvalue weighted by Crippen LogP contribution is 2.51. The number of aromatic hydroxyl groups is 1. The van der Waals surface area contributed by atoms with Crippen LogP contribution in [-0.2, 0) is 32.1 Å². The Hall–Kier alpha value is -2.95. The average Bonchev–Trinajstić information content (AvgIpc) is 3.34. The molecule has 37 heavy (non-hydrogen) atoms. The van der Waals surface area contributed by atoms with Crippen molar-refractivity contribution in [3.8, 4) is 5.75 Å². The first-order chi connectivity index (χ1) is 17.5. The van der Waals surface area contributed by atoms with Crippen LogP contribution >= 0.6 is 0 Å². The van der Waals surface area contributed by atoms with E-state index in [0.717, 1.165) is 18.4 Å². The fourth-order valence-corrected chi connectivity index (χ4v) is 7.22. The molecule has 1 amide bonds. The lowest BCUT2D eigenvalue weighted by molar-refractivity contribution is -0.181. The minimum absolute atomic E-state index is 0.0392. The minimum Gasteiger partial charge on any atom is -0.507 e. The minimum atomic E-state index is -2.70. The van der Waals surface area contributed by atoms with Gasteiger partial charge in [0.25, 0.3) is 0 Å². The van der Waals surface area contributed by atoms with Crippen LogP contribution in [0.4, 0.5) is 0 Å². The molecule has 0 heterocycles. The second kappa shape index (κ2) is 9.11. The van der Waals surface area contributed by atoms with Crippen LogP contribution in [0, 0.1) is 23.7 Å². The highest BCUT2D eigenvalue weighted by atomic mass is 16.3. The van der Waals surface area contributed by atoms with Gasteiger partial charge in [-0.05, 0) is 62.9 Å². The van der Waals surface area contributed by atoms with Gasteiger partial charge in [0.2, 0.25) is 5.91 Å². The van der Waals surface area contributed by atoms with Gasteiger partial charge in [-0.1, -0.05) is 18.9 Å². The molecule has 10 nitrogen and oxygen atoms in total. The van der Waals surface area contributed by atoms with Gasteiger partial charge in [0, 0.05) is 18.5 Å². The highest BCUT2D eigenvalue weighted by Gasteiger charge is 2.69. The number of benzene rings is 1. The third-order valence-corrected chi connectivity index (χ3v) is 8.98. The molecule has 3 unspecified atom stereocenters. The van der Waals surface area contributed by atoms with Gasteiger partial charge in [-0.2, -0.15) is 0 Å². The molecule has 0 aromatic heterocycles. The number of amides is 1. The van der Waals surface area contributed by atoms with E-state index in [4.69, 9.17) is 5.73 Å². The van der Waals surface area contributed by atoms with Gasteiger partial charge < -0.3 is 21.3 Å². The molecular formula is C27H33N3O7. The summed E-state index contributed by atoms with van der Waals surface area (Å²) in [5, 5.41) is 25.8. The summed E-state index contributed by atoms with van der Waals surface area (Å²) < 4.78 is 0. The van der Waals surface area contributed by atoms with Crippen molar-refractivity contribution < 1.29 is 34.2 Å². The van der Waals surface area contributed by atoms with Crippen LogP contribution in [0.5, 0.6) is 5.75 Å². The molecule has 10 heteroatoms. The van der Waals surface area contributed by atoms with Gasteiger partial charge in [-0.15, -0.1) is 0 Å². The molecule has 3 saturated carbocycles. The molecule has 0 spiro atoms. The van der Waals surface area contributed by atoms with Gasteiger partial charge in [0.05, 0.1) is 17.5 Å². The number of hydrogen-bond donors (Lipinski definition) is 4. The number of phenolic OH excluding ortho intramolecular Hbond substituents is 1. The van der Waals surface area contributed by atoms with Crippen LogP contribution in [0.25, 0.3) is 0 Å². The van der Waals surface area contributed by atoms with E-state index in [-0.39, 0.29) is 24.2 Å². The number of fused-ring (bicyclic) bond motifs is 3. The SMILES string of the molecule is CN(C)C1C(=O)C(C(N)=O)C(=O)[C@@]2(O)C(=O)C3C(=O)c4c(O)ccc(CNC5CCCC5)c4C[C@H]3C[C@@H]12. The lowest BCUT2D eigenvalue weighted by atomic mass is 9.52. The number of carbonyl (C=O) groups excluding carboxylic acids is 5. The molecule has 4 aliphatic carbocycles. The molecule has 6 atom stereocenters. The number of nitrogens with one attached hydrogen (secondary N) is 1. The maximum Gasteiger partial charge on any atom is 0.235 e. The molecule has 3 fully saturated rings. The number of rotatable bonds is 5. The van der Waals surface area contributed by atoms with E-state index in [1.165, 1.54) is 23.8 Å². The molecule has 198 valence electrons. The number of nitrogens with two attached hydrogens (primary N) is 1. The van der Waals surface area contributed by atoms with Gasteiger partial charge in [-0.25, -0.2) is 0 Å². The molecular weight excluding hydrogens is 478 g/mol. The Morgan fingerprint density at radius 1 is 1.14 bits per heavy atom. The molecule has 1 aromatic rings. The Morgan fingerprint density at radius 2 is 1.81 bits per heavy atom. The predicted octanol–water partition coefficient (Wildman–Crippen LogP) is -0.101. The van der Waals surface area contributed by atoms with E-state index >= 15 is 0 Å². The molecule has 5 N–H and O–H groups in total. The first-order valence-corrected chi connectivity index (χ1v) is 12.9. The molecule has 5 rings (SSSR count). The van der Waals surface area contributed by atoms with Crippen LogP contribution in [-0.4, -0.2) is 75.9 Å². The zero-order valence-corrected chi connectivity index (χ0v) is 21.0. The fraction of sp³-hybridized carbons (Fsp3) is 0.593. The first kappa shape index (κ1) is 25.7. The van der Waals surface area contributed by atoms with E-state index in [1.54, 1.807) is 20.2 Å². The average molecular weight is 512 g/mol. The number of hydrogen-bond acceptors (Lipinski definition) is 9. The molecule has 4 aliphatic rings. The topological polar surface area (TPSA) is 167 Å². The van der Waals surface area contributed by atoms with Crippen molar-refractivity contribution in [2.45, 2.75) is 62.8 Å². The third-order valence-electron chi connectivity index (χ3n) is 8.98. The Labute approximate surface area is 214 Å². The Kier molecular flexibility index (Phi) is 6.32. The number of phenols is 1. The second-order valence-electron chi connectivity index (χ2n) is 11.2. The Morgan fingerprint density at radius 3 is 2.43 bits per heavy atom. The molecule has 0 radical (unpaired) electrons. The molecule has 1 aromatic carbocycles. The summed E-state index contributed by atoms with van der Waals surface area (Å²) in [7, 11) is 3.14. The summed E-state index contributed by atoms with van der Waals surface area (Å²) >= 11 is 0. The maximum atomic E-state index is 13.8. The molecule has 0 saturated heterocycles. The van der Waals surface area contributed by atoms with Crippen molar-refractivity contribution in [3.05, 3.63) is 28.8 Å². The zero-order valence-electron chi connectivity index (χ0n) is 21.0. The van der Waals surface area contributed by atoms with Gasteiger partial charge in [-0.3, -0.25) is 28.9 Å². The zero-order chi connectivity index (χ0) is 26.8. The summed E-state index contributed by atoms with van der Waals surface area (Å²) in [6.07, 6.45) is 4.83. The number of primary amides is 1. The summed E-state index contributed by atoms with van der Waals surface area (Å²) in [5.41, 5.74) is 4.19. The van der Waals surface area contributed by atoms with Crippen LogP contribution in [0.15, 0.2) is 12.1 Å². The summed E-state index contributed by atoms with van der Waals surface area (Å²) in [6.45, 7) is 0.511. The van der Waals surface area contributed by atoms with Gasteiger partial charge >= 0.3 is 0 Å². The van der Waals surface area contributed by atoms with Crippen molar-refractivity contribution in [1.29, 1.82) is 0 Å². The van der Waals surface area contributed by atoms with Crippen molar-refractivity contribution in [1.82, 2.24) is 10.2 Å². The van der Waals surface area contributed by atoms with Crippen LogP contribution < -0.4 is 11.1 Å². The Bertz CT molecular complexity index is 1200. The first-order valence-electron chi connectivity index (χ1n) is 12.9. The highest BCUT2D eigenvalue weighted by molar-refractivity contribution is 6.32. The summed E-state index contributed by atoms with van der Waals surface area (Å²) in [6, 6.07) is 2.50. The number of aliphatic hydroxyl groups is 1. The van der Waals surface area contributed by atoms with Crippen LogP contribution in [0.3, 0.4) is 0 Å². The number of likely N-dealkylation sites (N-methyl/N-ethyl adjacent to an activating group) is 1. The van der Waals surface area contributed by atoms with Crippen molar-refractivity contribution >= 4 is 29.0 Å². The quantitative estimate of drug-likeness (QED) is 0.395. The van der Waals surface area contributed by atoms with E-state index in [1.807, 2.05) is 0 Å².